The lowest BCUT2D eigenvalue weighted by Gasteiger charge is -2.07. The highest BCUT2D eigenvalue weighted by atomic mass is 32.2. The van der Waals surface area contributed by atoms with Gasteiger partial charge in [0.25, 0.3) is 5.56 Å². The average molecular weight is 425 g/mol. The number of anilines is 1. The van der Waals surface area contributed by atoms with E-state index in [1.54, 1.807) is 6.92 Å². The summed E-state index contributed by atoms with van der Waals surface area (Å²) in [6.07, 6.45) is 0.508. The predicted octanol–water partition coefficient (Wildman–Crippen LogP) is 3.95. The van der Waals surface area contributed by atoms with E-state index >= 15 is 0 Å². The Kier molecular flexibility index (Phi) is 6.52. The van der Waals surface area contributed by atoms with Crippen molar-refractivity contribution >= 4 is 34.0 Å². The van der Waals surface area contributed by atoms with E-state index < -0.39 is 0 Å². The zero-order chi connectivity index (χ0) is 21.0. The van der Waals surface area contributed by atoms with Gasteiger partial charge in [-0.25, -0.2) is 4.98 Å². The number of hydrogen-bond acceptors (Lipinski definition) is 6. The van der Waals surface area contributed by atoms with Gasteiger partial charge in [0, 0.05) is 22.6 Å². The molecular weight excluding hydrogens is 404 g/mol. The van der Waals surface area contributed by atoms with E-state index in [-0.39, 0.29) is 17.2 Å². The van der Waals surface area contributed by atoms with Crippen molar-refractivity contribution in [1.82, 2.24) is 9.97 Å². The smallest absolute Gasteiger partial charge is 0.255 e. The molecule has 1 amide bonds. The molecule has 0 saturated carbocycles. The van der Waals surface area contributed by atoms with Crippen LogP contribution in [-0.2, 0) is 11.2 Å². The quantitative estimate of drug-likeness (QED) is 0.461. The fourth-order valence-electron chi connectivity index (χ4n) is 2.81. The number of aromatic amines is 1. The van der Waals surface area contributed by atoms with Crippen LogP contribution in [0.2, 0.25) is 0 Å². The lowest BCUT2D eigenvalue weighted by atomic mass is 10.1. The van der Waals surface area contributed by atoms with Crippen LogP contribution in [-0.4, -0.2) is 21.6 Å². The highest BCUT2D eigenvalue weighted by molar-refractivity contribution is 7.99. The van der Waals surface area contributed by atoms with E-state index in [9.17, 15) is 14.9 Å². The second kappa shape index (κ2) is 9.07. The standard InChI is InChI=1S/C21H20N4O2S2/c1-12-14(3)29-20(17(12)10-22)24-18(26)11-28-21-23-13(2)16(19(27)25-21)9-15-7-5-4-6-8-15/h4-8H,9,11H2,1-3H3,(H,24,26)(H,23,25,27). The monoisotopic (exact) mass is 424 g/mol. The summed E-state index contributed by atoms with van der Waals surface area (Å²) < 4.78 is 0. The van der Waals surface area contributed by atoms with Crippen LogP contribution in [0.15, 0.2) is 40.3 Å². The molecule has 0 spiro atoms. The number of nitrogens with zero attached hydrogens (tertiary/aromatic N) is 2. The highest BCUT2D eigenvalue weighted by Crippen LogP contribution is 2.31. The maximum Gasteiger partial charge on any atom is 0.255 e. The van der Waals surface area contributed by atoms with Crippen molar-refractivity contribution in [3.8, 4) is 6.07 Å². The summed E-state index contributed by atoms with van der Waals surface area (Å²) in [6, 6.07) is 11.9. The van der Waals surface area contributed by atoms with Gasteiger partial charge < -0.3 is 10.3 Å². The number of amides is 1. The number of H-pyrrole nitrogens is 1. The lowest BCUT2D eigenvalue weighted by molar-refractivity contribution is -0.113. The molecule has 2 heterocycles. The lowest BCUT2D eigenvalue weighted by Crippen LogP contribution is -2.19. The predicted molar refractivity (Wildman–Crippen MR) is 117 cm³/mol. The van der Waals surface area contributed by atoms with Crippen molar-refractivity contribution in [3.63, 3.8) is 0 Å². The molecule has 0 aliphatic rings. The number of carbonyl (C=O) groups is 1. The number of aryl methyl sites for hydroxylation is 2. The van der Waals surface area contributed by atoms with Crippen LogP contribution in [0, 0.1) is 32.1 Å². The number of aromatic nitrogens is 2. The van der Waals surface area contributed by atoms with E-state index in [1.807, 2.05) is 44.2 Å². The molecule has 3 aromatic rings. The van der Waals surface area contributed by atoms with Crippen molar-refractivity contribution < 1.29 is 4.79 Å². The number of nitrogens with one attached hydrogen (secondary N) is 2. The molecule has 2 N–H and O–H groups in total. The SMILES string of the molecule is Cc1nc(SCC(=O)Nc2sc(C)c(C)c2C#N)[nH]c(=O)c1Cc1ccccc1. The molecule has 148 valence electrons. The van der Waals surface area contributed by atoms with Crippen LogP contribution >= 0.6 is 23.1 Å². The first-order valence-electron chi connectivity index (χ1n) is 8.95. The van der Waals surface area contributed by atoms with Crippen molar-refractivity contribution in [3.05, 3.63) is 73.5 Å². The summed E-state index contributed by atoms with van der Waals surface area (Å²) in [6.45, 7) is 5.58. The van der Waals surface area contributed by atoms with Crippen molar-refractivity contribution in [1.29, 1.82) is 5.26 Å². The minimum atomic E-state index is -0.249. The Morgan fingerprint density at radius 2 is 2.00 bits per heavy atom. The van der Waals surface area contributed by atoms with Gasteiger partial charge in [0.1, 0.15) is 11.1 Å². The van der Waals surface area contributed by atoms with Crippen LogP contribution in [0.5, 0.6) is 0 Å². The first-order chi connectivity index (χ1) is 13.9. The Hall–Kier alpha value is -2.89. The summed E-state index contributed by atoms with van der Waals surface area (Å²) >= 11 is 2.54. The van der Waals surface area contributed by atoms with Crippen LogP contribution in [0.25, 0.3) is 0 Å². The largest absolute Gasteiger partial charge is 0.316 e. The van der Waals surface area contributed by atoms with Gasteiger partial charge in [-0.15, -0.1) is 11.3 Å². The number of thioether (sulfide) groups is 1. The fraction of sp³-hybridized carbons (Fsp3) is 0.238. The van der Waals surface area contributed by atoms with E-state index in [2.05, 4.69) is 21.4 Å². The average Bonchev–Trinajstić information content (AvgIpc) is 2.96. The molecule has 0 bridgehead atoms. The summed E-state index contributed by atoms with van der Waals surface area (Å²) in [4.78, 5) is 33.0. The molecular formula is C21H20N4O2S2. The fourth-order valence-corrected chi connectivity index (χ4v) is 4.54. The van der Waals surface area contributed by atoms with Crippen molar-refractivity contribution in [2.45, 2.75) is 32.3 Å². The highest BCUT2D eigenvalue weighted by Gasteiger charge is 2.16. The molecule has 0 atom stereocenters. The molecule has 0 aliphatic heterocycles. The molecule has 0 unspecified atom stereocenters. The number of hydrogen-bond donors (Lipinski definition) is 2. The number of thiophene rings is 1. The summed E-state index contributed by atoms with van der Waals surface area (Å²) in [5, 5.41) is 13.0. The van der Waals surface area contributed by atoms with E-state index in [0.717, 1.165) is 27.8 Å². The molecule has 0 fully saturated rings. The first-order valence-corrected chi connectivity index (χ1v) is 10.8. The van der Waals surface area contributed by atoms with E-state index in [0.29, 0.717) is 33.4 Å². The Bertz CT molecular complexity index is 1140. The Morgan fingerprint density at radius 1 is 1.28 bits per heavy atom. The zero-order valence-electron chi connectivity index (χ0n) is 16.3. The molecule has 0 aliphatic carbocycles. The van der Waals surface area contributed by atoms with E-state index in [1.165, 1.54) is 11.3 Å². The third-order valence-corrected chi connectivity index (χ3v) is 6.51. The van der Waals surface area contributed by atoms with Crippen LogP contribution in [0.3, 0.4) is 0 Å². The van der Waals surface area contributed by atoms with E-state index in [4.69, 9.17) is 0 Å². The van der Waals surface area contributed by atoms with Gasteiger partial charge in [-0.2, -0.15) is 5.26 Å². The minimum absolute atomic E-state index is 0.0846. The molecule has 6 nitrogen and oxygen atoms in total. The third kappa shape index (κ3) is 4.94. The Morgan fingerprint density at radius 3 is 2.66 bits per heavy atom. The summed E-state index contributed by atoms with van der Waals surface area (Å²) in [7, 11) is 0. The number of carbonyl (C=O) groups excluding carboxylic acids is 1. The van der Waals surface area contributed by atoms with Gasteiger partial charge in [-0.1, -0.05) is 42.1 Å². The molecule has 3 rings (SSSR count). The van der Waals surface area contributed by atoms with Gasteiger partial charge in [0.15, 0.2) is 5.16 Å². The number of nitriles is 1. The molecule has 0 radical (unpaired) electrons. The van der Waals surface area contributed by atoms with Crippen LogP contribution in [0.4, 0.5) is 5.00 Å². The summed E-state index contributed by atoms with van der Waals surface area (Å²) in [5.74, 6) is -0.164. The third-order valence-electron chi connectivity index (χ3n) is 4.51. The van der Waals surface area contributed by atoms with Gasteiger partial charge in [-0.05, 0) is 31.9 Å². The maximum absolute atomic E-state index is 12.5. The molecule has 8 heteroatoms. The summed E-state index contributed by atoms with van der Waals surface area (Å²) in [5.41, 5.74) is 3.50. The van der Waals surface area contributed by atoms with Gasteiger partial charge in [0.2, 0.25) is 5.91 Å². The zero-order valence-corrected chi connectivity index (χ0v) is 18.0. The molecule has 2 aromatic heterocycles. The first kappa shape index (κ1) is 20.8. The Labute approximate surface area is 177 Å². The van der Waals surface area contributed by atoms with Crippen LogP contribution < -0.4 is 10.9 Å². The number of rotatable bonds is 6. The molecule has 29 heavy (non-hydrogen) atoms. The minimum Gasteiger partial charge on any atom is -0.316 e. The van der Waals surface area contributed by atoms with Gasteiger partial charge in [0.05, 0.1) is 11.3 Å². The molecule has 1 aromatic carbocycles. The van der Waals surface area contributed by atoms with Gasteiger partial charge >= 0.3 is 0 Å². The van der Waals surface area contributed by atoms with Crippen LogP contribution in [0.1, 0.15) is 32.8 Å². The van der Waals surface area contributed by atoms with Crippen molar-refractivity contribution in [2.24, 2.45) is 0 Å². The van der Waals surface area contributed by atoms with Gasteiger partial charge in [-0.3, -0.25) is 9.59 Å². The second-order valence-corrected chi connectivity index (χ2v) is 8.72. The molecule has 0 saturated heterocycles. The topological polar surface area (TPSA) is 98.6 Å². The Balaban J connectivity index is 1.67. The number of benzene rings is 1. The normalized spacial score (nSPS) is 10.6. The van der Waals surface area contributed by atoms with Crippen molar-refractivity contribution in [2.75, 3.05) is 11.1 Å². The second-order valence-electron chi connectivity index (χ2n) is 6.53. The maximum atomic E-state index is 12.5.